The molecule has 1 spiro atoms. The number of rotatable bonds is 4. The lowest BCUT2D eigenvalue weighted by molar-refractivity contribution is -0.158. The van der Waals surface area contributed by atoms with Crippen molar-refractivity contribution in [3.8, 4) is 0 Å². The molecule has 1 saturated carbocycles. The van der Waals surface area contributed by atoms with Gasteiger partial charge in [0.2, 0.25) is 0 Å². The minimum atomic E-state index is -0.512. The number of ether oxygens (including phenoxy) is 2. The van der Waals surface area contributed by atoms with E-state index in [2.05, 4.69) is 4.74 Å². The first-order valence-corrected chi connectivity index (χ1v) is 7.95. The summed E-state index contributed by atoms with van der Waals surface area (Å²) in [6, 6.07) is 0. The lowest BCUT2D eigenvalue weighted by atomic mass is 9.75. The van der Waals surface area contributed by atoms with Crippen molar-refractivity contribution in [1.82, 2.24) is 0 Å². The van der Waals surface area contributed by atoms with Gasteiger partial charge in [0, 0.05) is 20.0 Å². The molecule has 4 heteroatoms. The summed E-state index contributed by atoms with van der Waals surface area (Å²) in [4.78, 5) is 22.0. The second-order valence-corrected chi connectivity index (χ2v) is 6.31. The molecule has 1 heterocycles. The first-order chi connectivity index (χ1) is 9.60. The lowest BCUT2D eigenvalue weighted by Gasteiger charge is -2.43. The van der Waals surface area contributed by atoms with E-state index in [4.69, 9.17) is 4.74 Å². The van der Waals surface area contributed by atoms with Gasteiger partial charge in [0.1, 0.15) is 0 Å². The summed E-state index contributed by atoms with van der Waals surface area (Å²) in [6.07, 6.45) is 10.8. The van der Waals surface area contributed by atoms with Gasteiger partial charge in [-0.1, -0.05) is 19.3 Å². The Morgan fingerprint density at radius 3 is 2.70 bits per heavy atom. The normalized spacial score (nSPS) is 25.4. The van der Waals surface area contributed by atoms with Crippen LogP contribution in [0.5, 0.6) is 0 Å². The zero-order valence-electron chi connectivity index (χ0n) is 12.5. The van der Waals surface area contributed by atoms with Crippen molar-refractivity contribution >= 4 is 11.9 Å². The van der Waals surface area contributed by atoms with Crippen LogP contribution in [0.1, 0.15) is 71.1 Å². The molecular weight excluding hydrogens is 256 g/mol. The highest BCUT2D eigenvalue weighted by molar-refractivity contribution is 5.83. The van der Waals surface area contributed by atoms with Crippen molar-refractivity contribution in [2.24, 2.45) is 5.92 Å². The summed E-state index contributed by atoms with van der Waals surface area (Å²) < 4.78 is 10.6. The molecule has 0 bridgehead atoms. The number of hydrogen-bond donors (Lipinski definition) is 0. The monoisotopic (exact) mass is 282 g/mol. The first-order valence-electron chi connectivity index (χ1n) is 7.95. The van der Waals surface area contributed by atoms with Crippen LogP contribution in [0.3, 0.4) is 0 Å². The fourth-order valence-corrected chi connectivity index (χ4v) is 3.67. The second kappa shape index (κ2) is 7.21. The van der Waals surface area contributed by atoms with E-state index in [1.807, 2.05) is 0 Å². The van der Waals surface area contributed by atoms with Gasteiger partial charge in [-0.05, 0) is 44.4 Å². The highest BCUT2D eigenvalue weighted by Crippen LogP contribution is 2.41. The van der Waals surface area contributed by atoms with Gasteiger partial charge < -0.3 is 9.47 Å². The molecule has 0 radical (unpaired) electrons. The fourth-order valence-electron chi connectivity index (χ4n) is 3.67. The Morgan fingerprint density at radius 1 is 1.25 bits per heavy atom. The van der Waals surface area contributed by atoms with Crippen LogP contribution in [0, 0.1) is 5.92 Å². The molecule has 1 saturated heterocycles. The van der Waals surface area contributed by atoms with Crippen molar-refractivity contribution in [2.75, 3.05) is 6.61 Å². The highest BCUT2D eigenvalue weighted by atomic mass is 16.6. The Morgan fingerprint density at radius 2 is 2.00 bits per heavy atom. The molecule has 0 aromatic heterocycles. The van der Waals surface area contributed by atoms with Crippen molar-refractivity contribution in [3.05, 3.63) is 0 Å². The molecule has 1 aliphatic heterocycles. The Bertz CT molecular complexity index is 339. The maximum Gasteiger partial charge on any atom is 0.313 e. The maximum atomic E-state index is 11.3. The Balaban J connectivity index is 1.70. The third-order valence-electron chi connectivity index (χ3n) is 4.61. The fraction of sp³-hybridized carbons (Fsp3) is 0.875. The molecule has 1 aliphatic carbocycles. The third kappa shape index (κ3) is 4.58. The van der Waals surface area contributed by atoms with Crippen LogP contribution in [0.15, 0.2) is 0 Å². The number of hydrogen-bond acceptors (Lipinski definition) is 4. The largest absolute Gasteiger partial charge is 0.393 e. The van der Waals surface area contributed by atoms with Crippen LogP contribution < -0.4 is 0 Å². The van der Waals surface area contributed by atoms with Gasteiger partial charge >= 0.3 is 11.9 Å². The molecule has 4 nitrogen and oxygen atoms in total. The van der Waals surface area contributed by atoms with E-state index in [0.29, 0.717) is 12.3 Å². The predicted molar refractivity (Wildman–Crippen MR) is 75.1 cm³/mol. The summed E-state index contributed by atoms with van der Waals surface area (Å²) in [6.45, 7) is 2.13. The van der Waals surface area contributed by atoms with Crippen molar-refractivity contribution < 1.29 is 19.1 Å². The average Bonchev–Trinajstić information content (AvgIpc) is 2.39. The van der Waals surface area contributed by atoms with Gasteiger partial charge in [-0.3, -0.25) is 9.59 Å². The summed E-state index contributed by atoms with van der Waals surface area (Å²) in [5.41, 5.74) is 0.140. The van der Waals surface area contributed by atoms with Gasteiger partial charge in [0.25, 0.3) is 0 Å². The zero-order chi connectivity index (χ0) is 14.4. The molecule has 20 heavy (non-hydrogen) atoms. The van der Waals surface area contributed by atoms with Crippen molar-refractivity contribution in [2.45, 2.75) is 76.7 Å². The average molecular weight is 282 g/mol. The minimum absolute atomic E-state index is 0.140. The van der Waals surface area contributed by atoms with Crippen LogP contribution in [0.25, 0.3) is 0 Å². The number of carbonyl (C=O) groups is 2. The van der Waals surface area contributed by atoms with Gasteiger partial charge in [-0.2, -0.15) is 0 Å². The van der Waals surface area contributed by atoms with Crippen LogP contribution in [0.4, 0.5) is 0 Å². The Kier molecular flexibility index (Phi) is 5.58. The smallest absolute Gasteiger partial charge is 0.313 e. The van der Waals surface area contributed by atoms with E-state index < -0.39 is 11.9 Å². The zero-order valence-corrected chi connectivity index (χ0v) is 12.5. The molecule has 2 aliphatic rings. The van der Waals surface area contributed by atoms with E-state index in [-0.39, 0.29) is 5.60 Å². The van der Waals surface area contributed by atoms with E-state index in [0.717, 1.165) is 32.3 Å². The predicted octanol–water partition coefficient (Wildman–Crippen LogP) is 3.38. The van der Waals surface area contributed by atoms with Crippen molar-refractivity contribution in [3.63, 3.8) is 0 Å². The van der Waals surface area contributed by atoms with Gasteiger partial charge in [0.15, 0.2) is 0 Å². The highest BCUT2D eigenvalue weighted by Gasteiger charge is 2.38. The Labute approximate surface area is 121 Å². The van der Waals surface area contributed by atoms with Crippen LogP contribution in [-0.2, 0) is 19.1 Å². The number of carbonyl (C=O) groups excluding carboxylic acids is 2. The molecule has 1 atom stereocenters. The van der Waals surface area contributed by atoms with Gasteiger partial charge in [0.05, 0.1) is 5.60 Å². The topological polar surface area (TPSA) is 52.6 Å². The third-order valence-corrected chi connectivity index (χ3v) is 4.61. The van der Waals surface area contributed by atoms with Crippen LogP contribution in [-0.4, -0.2) is 24.1 Å². The molecular formula is C16H26O4. The Hall–Kier alpha value is -0.900. The molecule has 0 aromatic carbocycles. The quantitative estimate of drug-likeness (QED) is 0.586. The maximum absolute atomic E-state index is 11.3. The van der Waals surface area contributed by atoms with E-state index in [9.17, 15) is 9.59 Å². The van der Waals surface area contributed by atoms with Crippen LogP contribution in [0.2, 0.25) is 0 Å². The molecule has 0 aromatic rings. The molecule has 0 amide bonds. The summed E-state index contributed by atoms with van der Waals surface area (Å²) in [7, 11) is 0. The van der Waals surface area contributed by atoms with E-state index >= 15 is 0 Å². The molecule has 0 N–H and O–H groups in total. The summed E-state index contributed by atoms with van der Waals surface area (Å²) in [5, 5.41) is 0. The van der Waals surface area contributed by atoms with Gasteiger partial charge in [-0.25, -0.2) is 0 Å². The first kappa shape index (κ1) is 15.5. The number of esters is 2. The molecule has 1 unspecified atom stereocenters. The van der Waals surface area contributed by atoms with Gasteiger partial charge in [-0.15, -0.1) is 0 Å². The van der Waals surface area contributed by atoms with Crippen LogP contribution >= 0.6 is 0 Å². The minimum Gasteiger partial charge on any atom is -0.393 e. The van der Waals surface area contributed by atoms with E-state index in [1.54, 1.807) is 0 Å². The van der Waals surface area contributed by atoms with Crippen molar-refractivity contribution in [1.29, 1.82) is 0 Å². The summed E-state index contributed by atoms with van der Waals surface area (Å²) >= 11 is 0. The molecule has 2 fully saturated rings. The standard InChI is InChI=1S/C16H26O4/c1-13(17)20-15(18)7-5-6-14-8-11-19-16(12-14)9-3-2-4-10-16/h14H,2-12H2,1H3. The summed E-state index contributed by atoms with van der Waals surface area (Å²) in [5.74, 6) is -0.244. The SMILES string of the molecule is CC(=O)OC(=O)CCCC1CCOC2(CCCCC2)C1. The van der Waals surface area contributed by atoms with E-state index in [1.165, 1.54) is 39.0 Å². The lowest BCUT2D eigenvalue weighted by Crippen LogP contribution is -2.41. The second-order valence-electron chi connectivity index (χ2n) is 6.31. The molecule has 114 valence electrons. The molecule has 2 rings (SSSR count).